The fourth-order valence-electron chi connectivity index (χ4n) is 9.34. The maximum absolute atomic E-state index is 13.1. The van der Waals surface area contributed by atoms with Gasteiger partial charge in [-0.2, -0.15) is 0 Å². The number of allylic oxidation sites excluding steroid dienone is 8. The van der Waals surface area contributed by atoms with Gasteiger partial charge in [-0.05, 0) is 51.4 Å². The molecule has 11 unspecified atom stereocenters. The van der Waals surface area contributed by atoms with Crippen LogP contribution < -0.4 is 0 Å². The Morgan fingerprint density at radius 3 is 1.38 bits per heavy atom. The number of ether oxygens (including phenoxy) is 6. The van der Waals surface area contributed by atoms with Crippen molar-refractivity contribution < 1.29 is 69.0 Å². The minimum absolute atomic E-state index is 0.0502. The van der Waals surface area contributed by atoms with Gasteiger partial charge in [-0.3, -0.25) is 4.79 Å². The number of unbranched alkanes of at least 4 members (excludes halogenated alkanes) is 26. The van der Waals surface area contributed by atoms with Crippen LogP contribution in [0.3, 0.4) is 0 Å². The third-order valence-corrected chi connectivity index (χ3v) is 14.1. The van der Waals surface area contributed by atoms with Crippen molar-refractivity contribution >= 4 is 5.97 Å². The van der Waals surface area contributed by atoms with E-state index in [2.05, 4.69) is 62.5 Å². The summed E-state index contributed by atoms with van der Waals surface area (Å²) >= 11 is 0. The third-order valence-electron chi connectivity index (χ3n) is 14.1. The quantitative estimate of drug-likeness (QED) is 0.0172. The van der Waals surface area contributed by atoms with E-state index < -0.39 is 80.7 Å². The van der Waals surface area contributed by atoms with E-state index in [0.717, 1.165) is 83.5 Å². The highest BCUT2D eigenvalue weighted by molar-refractivity contribution is 5.69. The SMILES string of the molecule is CC/C=C\C/C=C\C/C=C\C/C=C\CCCCCCCOCC(COC1OC(COC2OC(CO)C(O)C(O)C2O)C(O)C(O)C1O)OC(=O)CCCCCCCCCCCCCCCCCCCCCCCC. The smallest absolute Gasteiger partial charge is 0.306 e. The van der Waals surface area contributed by atoms with E-state index in [9.17, 15) is 40.5 Å². The summed E-state index contributed by atoms with van der Waals surface area (Å²) in [4.78, 5) is 13.1. The summed E-state index contributed by atoms with van der Waals surface area (Å²) < 4.78 is 34.4. The Kier molecular flexibility index (Phi) is 43.2. The molecule has 432 valence electrons. The molecule has 2 rings (SSSR count). The first-order valence-electron chi connectivity index (χ1n) is 29.7. The van der Waals surface area contributed by atoms with Gasteiger partial charge < -0.3 is 64.2 Å². The second kappa shape index (κ2) is 47.0. The van der Waals surface area contributed by atoms with Crippen LogP contribution in [0.4, 0.5) is 0 Å². The van der Waals surface area contributed by atoms with Crippen molar-refractivity contribution in [2.45, 2.75) is 293 Å². The van der Waals surface area contributed by atoms with E-state index in [1.807, 2.05) is 0 Å². The summed E-state index contributed by atoms with van der Waals surface area (Å²) in [5, 5.41) is 72.4. The molecule has 14 nitrogen and oxygen atoms in total. The van der Waals surface area contributed by atoms with E-state index in [1.54, 1.807) is 0 Å². The second-order valence-electron chi connectivity index (χ2n) is 20.8. The molecule has 2 aliphatic rings. The molecule has 2 heterocycles. The van der Waals surface area contributed by atoms with Crippen molar-refractivity contribution in [3.8, 4) is 0 Å². The lowest BCUT2D eigenvalue weighted by molar-refractivity contribution is -0.332. The van der Waals surface area contributed by atoms with Gasteiger partial charge in [0.05, 0.1) is 26.4 Å². The van der Waals surface area contributed by atoms with Crippen LogP contribution in [0, 0.1) is 0 Å². The summed E-state index contributed by atoms with van der Waals surface area (Å²) in [6, 6.07) is 0. The highest BCUT2D eigenvalue weighted by Crippen LogP contribution is 2.27. The molecule has 0 aliphatic carbocycles. The van der Waals surface area contributed by atoms with Gasteiger partial charge in [-0.25, -0.2) is 0 Å². The summed E-state index contributed by atoms with van der Waals surface area (Å²) in [6.07, 6.45) is 40.3. The predicted molar refractivity (Wildman–Crippen MR) is 293 cm³/mol. The highest BCUT2D eigenvalue weighted by atomic mass is 16.7. The molecule has 14 heteroatoms. The molecular formula is C60H108O14. The largest absolute Gasteiger partial charge is 0.457 e. The van der Waals surface area contributed by atoms with Gasteiger partial charge in [0.1, 0.15) is 54.9 Å². The Labute approximate surface area is 448 Å². The molecule has 7 N–H and O–H groups in total. The molecule has 11 atom stereocenters. The van der Waals surface area contributed by atoms with Crippen LogP contribution in [0.1, 0.15) is 226 Å². The number of carbonyl (C=O) groups is 1. The lowest BCUT2D eigenvalue weighted by Gasteiger charge is -2.42. The van der Waals surface area contributed by atoms with Gasteiger partial charge in [-0.15, -0.1) is 0 Å². The molecule has 2 fully saturated rings. The van der Waals surface area contributed by atoms with E-state index in [4.69, 9.17) is 28.4 Å². The number of hydrogen-bond acceptors (Lipinski definition) is 14. The van der Waals surface area contributed by atoms with Crippen LogP contribution in [0.2, 0.25) is 0 Å². The molecular weight excluding hydrogens is 945 g/mol. The van der Waals surface area contributed by atoms with Crippen LogP contribution in [0.25, 0.3) is 0 Å². The van der Waals surface area contributed by atoms with Crippen molar-refractivity contribution in [2.75, 3.05) is 33.0 Å². The van der Waals surface area contributed by atoms with Gasteiger partial charge in [0.2, 0.25) is 0 Å². The van der Waals surface area contributed by atoms with Crippen molar-refractivity contribution in [2.24, 2.45) is 0 Å². The molecule has 0 aromatic carbocycles. The minimum atomic E-state index is -1.71. The lowest BCUT2D eigenvalue weighted by Crippen LogP contribution is -2.61. The fraction of sp³-hybridized carbons (Fsp3) is 0.850. The van der Waals surface area contributed by atoms with Gasteiger partial charge >= 0.3 is 5.97 Å². The highest BCUT2D eigenvalue weighted by Gasteiger charge is 2.47. The van der Waals surface area contributed by atoms with Crippen molar-refractivity contribution in [3.05, 3.63) is 48.6 Å². The number of aliphatic hydroxyl groups excluding tert-OH is 7. The molecule has 0 aromatic heterocycles. The number of rotatable bonds is 48. The Bertz CT molecular complexity index is 1410. The average Bonchev–Trinajstić information content (AvgIpc) is 3.40. The summed E-state index contributed by atoms with van der Waals surface area (Å²) in [5.41, 5.74) is 0. The zero-order chi connectivity index (χ0) is 53.7. The first-order valence-corrected chi connectivity index (χ1v) is 29.7. The zero-order valence-electron chi connectivity index (χ0n) is 46.3. The van der Waals surface area contributed by atoms with Gasteiger partial charge in [0.15, 0.2) is 12.6 Å². The fourth-order valence-corrected chi connectivity index (χ4v) is 9.34. The molecule has 2 aliphatic heterocycles. The minimum Gasteiger partial charge on any atom is -0.457 e. The summed E-state index contributed by atoms with van der Waals surface area (Å²) in [7, 11) is 0. The molecule has 0 bridgehead atoms. The number of esters is 1. The molecule has 2 saturated heterocycles. The van der Waals surface area contributed by atoms with Crippen molar-refractivity contribution in [1.82, 2.24) is 0 Å². The van der Waals surface area contributed by atoms with Crippen LogP contribution in [-0.4, -0.2) is 142 Å². The van der Waals surface area contributed by atoms with Crippen LogP contribution in [-0.2, 0) is 33.2 Å². The standard InChI is InChI=1S/C60H108O14/c1-3-5-7-9-11-13-15-17-19-21-23-24-25-26-27-29-31-33-35-37-39-41-43-52(62)72-49(46-69-44-42-40-38-36-34-32-30-28-22-20-18-16-14-12-10-8-6-4-2)47-70-59-58(68)56(66)54(64)51(74-59)48-71-60-57(67)55(65)53(63)50(45-61)73-60/h6,8,12,14,18,20,28,30,49-51,53-61,63-68H,3-5,7,9-11,13,15-17,19,21-27,29,31-48H2,1-2H3/b8-6-,14-12-,20-18-,30-28-. The molecule has 0 spiro atoms. The molecule has 0 aromatic rings. The Balaban J connectivity index is 1.71. The van der Waals surface area contributed by atoms with Crippen molar-refractivity contribution in [3.63, 3.8) is 0 Å². The predicted octanol–water partition coefficient (Wildman–Crippen LogP) is 10.7. The van der Waals surface area contributed by atoms with Gasteiger partial charge in [0, 0.05) is 13.0 Å². The number of aliphatic hydroxyl groups is 7. The molecule has 0 saturated carbocycles. The first-order chi connectivity index (χ1) is 36.1. The molecule has 0 amide bonds. The van der Waals surface area contributed by atoms with E-state index >= 15 is 0 Å². The topological polar surface area (TPSA) is 214 Å². The molecule has 74 heavy (non-hydrogen) atoms. The lowest BCUT2D eigenvalue weighted by atomic mass is 9.98. The van der Waals surface area contributed by atoms with Gasteiger partial charge in [-0.1, -0.05) is 217 Å². The zero-order valence-corrected chi connectivity index (χ0v) is 46.3. The average molecular weight is 1050 g/mol. The van der Waals surface area contributed by atoms with E-state index in [-0.39, 0.29) is 25.6 Å². The summed E-state index contributed by atoms with van der Waals surface area (Å²) in [6.45, 7) is 3.56. The van der Waals surface area contributed by atoms with Crippen LogP contribution in [0.5, 0.6) is 0 Å². The van der Waals surface area contributed by atoms with Gasteiger partial charge in [0.25, 0.3) is 0 Å². The van der Waals surface area contributed by atoms with E-state index in [0.29, 0.717) is 13.0 Å². The number of carbonyl (C=O) groups excluding carboxylic acids is 1. The summed E-state index contributed by atoms with van der Waals surface area (Å²) in [5.74, 6) is -0.380. The normalized spacial score (nSPS) is 25.1. The van der Waals surface area contributed by atoms with Crippen LogP contribution in [0.15, 0.2) is 48.6 Å². The first kappa shape index (κ1) is 68.1. The maximum Gasteiger partial charge on any atom is 0.306 e. The Morgan fingerprint density at radius 2 is 0.878 bits per heavy atom. The second-order valence-corrected chi connectivity index (χ2v) is 20.8. The molecule has 0 radical (unpaired) electrons. The number of hydrogen-bond donors (Lipinski definition) is 7. The van der Waals surface area contributed by atoms with Crippen molar-refractivity contribution in [1.29, 1.82) is 0 Å². The Hall–Kier alpha value is -2.05. The monoisotopic (exact) mass is 1050 g/mol. The third kappa shape index (κ3) is 33.3. The van der Waals surface area contributed by atoms with Crippen LogP contribution >= 0.6 is 0 Å². The maximum atomic E-state index is 13.1. The Morgan fingerprint density at radius 1 is 0.459 bits per heavy atom. The van der Waals surface area contributed by atoms with E-state index in [1.165, 1.54) is 116 Å².